The Labute approximate surface area is 428 Å². The molecule has 23 nitrogen and oxygen atoms in total. The van der Waals surface area contributed by atoms with E-state index in [0.717, 1.165) is 42.5 Å². The van der Waals surface area contributed by atoms with Gasteiger partial charge in [0.25, 0.3) is 0 Å². The van der Waals surface area contributed by atoms with Gasteiger partial charge in [-0.15, -0.1) is 10.2 Å². The number of hydrogen-bond acceptors (Lipinski definition) is 23. The molecular formula is C27H18FN7Na4O16S5. The fourth-order valence-corrected chi connectivity index (χ4v) is 7.94. The molecule has 0 amide bonds. The van der Waals surface area contributed by atoms with Gasteiger partial charge in [0.15, 0.2) is 15.6 Å². The Morgan fingerprint density at radius 2 is 1.23 bits per heavy atom. The van der Waals surface area contributed by atoms with E-state index in [1.807, 2.05) is 0 Å². The molecule has 0 spiro atoms. The number of nitrogens with zero attached hydrogens (tertiary/aromatic N) is 5. The van der Waals surface area contributed by atoms with Crippen LogP contribution in [-0.4, -0.2) is 92.7 Å². The number of benzene rings is 4. The summed E-state index contributed by atoms with van der Waals surface area (Å²) in [6, 6.07) is 10.2. The van der Waals surface area contributed by atoms with Crippen LogP contribution in [0.4, 0.5) is 39.0 Å². The smallest absolute Gasteiger partial charge is 0.744 e. The number of azo groups is 1. The van der Waals surface area contributed by atoms with Crippen LogP contribution in [0.5, 0.6) is 5.75 Å². The Kier molecular flexibility index (Phi) is 20.8. The van der Waals surface area contributed by atoms with Gasteiger partial charge in [-0.3, -0.25) is 4.18 Å². The van der Waals surface area contributed by atoms with Gasteiger partial charge in [-0.25, -0.2) is 42.1 Å². The van der Waals surface area contributed by atoms with Gasteiger partial charge in [-0.1, -0.05) is 12.1 Å². The fraction of sp³-hybridized carbons (Fsp3) is 0.0741. The molecule has 0 bridgehead atoms. The van der Waals surface area contributed by atoms with Crippen LogP contribution in [0.25, 0.3) is 10.8 Å². The Bertz CT molecular complexity index is 3010. The number of phenols is 1. The summed E-state index contributed by atoms with van der Waals surface area (Å²) in [5.41, 5.74) is -2.43. The molecule has 1 heterocycles. The molecule has 5 rings (SSSR count). The first-order chi connectivity index (χ1) is 25.8. The minimum Gasteiger partial charge on any atom is -0.744 e. The SMILES string of the molecule is O=S(=O)([O-])OCCS(=O)(=O)c1ccc(Nc2nc(F)nc(Nc3cc(S(=O)(=O)[O-])cc4cc(S(=O)(=O)[O-])c(N=Nc5ccccc5S(=O)(=O)[O-])c(O)c34)n2)cc1.[Na+].[Na+].[Na+].[Na+]. The number of nitrogens with one attached hydrogen (secondary N) is 2. The number of hydrogen-bond donors (Lipinski definition) is 3. The van der Waals surface area contributed by atoms with Crippen molar-refractivity contribution >= 4 is 96.0 Å². The molecule has 5 aromatic rings. The van der Waals surface area contributed by atoms with Crippen molar-refractivity contribution in [3.05, 3.63) is 72.8 Å². The topological polar surface area (TPSA) is 380 Å². The molecule has 0 unspecified atom stereocenters. The number of fused-ring (bicyclic) bond motifs is 1. The zero-order chi connectivity index (χ0) is 41.4. The molecule has 0 aliphatic rings. The number of sulfone groups is 1. The van der Waals surface area contributed by atoms with Gasteiger partial charge >= 0.3 is 124 Å². The molecule has 0 atom stereocenters. The average molecular weight is 968 g/mol. The Morgan fingerprint density at radius 3 is 1.78 bits per heavy atom. The van der Waals surface area contributed by atoms with Gasteiger partial charge in [0.2, 0.25) is 22.3 Å². The molecule has 0 aliphatic heterocycles. The van der Waals surface area contributed by atoms with Crippen LogP contribution in [0, 0.1) is 6.08 Å². The average Bonchev–Trinajstić information content (AvgIpc) is 3.05. The molecule has 0 fully saturated rings. The summed E-state index contributed by atoms with van der Waals surface area (Å²) in [5, 5.41) is 21.9. The Morgan fingerprint density at radius 1 is 0.667 bits per heavy atom. The monoisotopic (exact) mass is 967 g/mol. The maximum atomic E-state index is 14.7. The molecule has 0 radical (unpaired) electrons. The Balaban J connectivity index is 0.00000450. The number of aromatic hydroxyl groups is 1. The van der Waals surface area contributed by atoms with Crippen molar-refractivity contribution in [1.29, 1.82) is 0 Å². The summed E-state index contributed by atoms with van der Waals surface area (Å²) in [7, 11) is -25.5. The van der Waals surface area contributed by atoms with E-state index in [1.54, 1.807) is 0 Å². The molecule has 0 saturated heterocycles. The number of aromatic nitrogens is 3. The predicted octanol–water partition coefficient (Wildman–Crippen LogP) is -10.2. The van der Waals surface area contributed by atoms with Crippen LogP contribution in [0.2, 0.25) is 0 Å². The summed E-state index contributed by atoms with van der Waals surface area (Å²) in [6.07, 6.45) is -1.50. The van der Waals surface area contributed by atoms with Gasteiger partial charge in [0, 0.05) is 11.1 Å². The van der Waals surface area contributed by atoms with Crippen LogP contribution < -0.4 is 129 Å². The minimum atomic E-state index is -5.63. The van der Waals surface area contributed by atoms with Crippen molar-refractivity contribution in [2.45, 2.75) is 19.6 Å². The first kappa shape index (κ1) is 56.6. The normalized spacial score (nSPS) is 12.1. The maximum absolute atomic E-state index is 14.7. The summed E-state index contributed by atoms with van der Waals surface area (Å²) in [5.74, 6) is -3.49. The summed E-state index contributed by atoms with van der Waals surface area (Å²) in [6.45, 7) is -0.960. The van der Waals surface area contributed by atoms with Crippen LogP contribution in [0.15, 0.2) is 96.5 Å². The van der Waals surface area contributed by atoms with E-state index in [-0.39, 0.29) is 129 Å². The second-order valence-electron chi connectivity index (χ2n) is 10.7. The largest absolute Gasteiger partial charge is 1.00 e. The summed E-state index contributed by atoms with van der Waals surface area (Å²) < 4.78 is 183. The van der Waals surface area contributed by atoms with Crippen molar-refractivity contribution in [1.82, 2.24) is 15.0 Å². The number of rotatable bonds is 14. The van der Waals surface area contributed by atoms with Gasteiger partial charge in [-0.2, -0.15) is 19.3 Å². The van der Waals surface area contributed by atoms with E-state index in [4.69, 9.17) is 0 Å². The first-order valence-corrected chi connectivity index (χ1v) is 21.6. The molecule has 33 heteroatoms. The van der Waals surface area contributed by atoms with Gasteiger partial charge in [0.1, 0.15) is 41.7 Å². The third-order valence-corrected chi connectivity index (χ3v) is 11.7. The van der Waals surface area contributed by atoms with Crippen LogP contribution in [-0.2, 0) is 54.8 Å². The van der Waals surface area contributed by atoms with Gasteiger partial charge in [0.05, 0.1) is 37.6 Å². The van der Waals surface area contributed by atoms with Gasteiger partial charge < -0.3 is 34.0 Å². The molecule has 0 aliphatic carbocycles. The zero-order valence-electron chi connectivity index (χ0n) is 31.0. The zero-order valence-corrected chi connectivity index (χ0v) is 43.1. The molecular weight excluding hydrogens is 950 g/mol. The van der Waals surface area contributed by atoms with E-state index in [1.165, 1.54) is 6.07 Å². The predicted molar refractivity (Wildman–Crippen MR) is 181 cm³/mol. The number of anilines is 4. The molecule has 0 saturated carbocycles. The van der Waals surface area contributed by atoms with E-state index in [9.17, 15) is 69.8 Å². The van der Waals surface area contributed by atoms with Crippen molar-refractivity contribution in [2.75, 3.05) is 23.0 Å². The standard InChI is InChI=1S/C27H22FN7O16S5.4Na/c28-25-31-26(29-15-5-7-16(8-6-15)52(37,38)10-9-51-56(48,49)50)33-27(32-25)30-19-13-17(53(39,40)41)11-14-12-21(55(45,46)47)23(24(36)22(14)19)35-34-18-3-1-2-4-20(18)54(42,43)44;;;;/h1-8,11-13,36H,9-10H2,(H,39,40,41)(H,42,43,44)(H,45,46,47)(H,48,49,50)(H2,29,30,31,32,33);;;;/q;4*+1/p-4. The molecule has 3 N–H and O–H groups in total. The fourth-order valence-electron chi connectivity index (χ4n) is 4.67. The second kappa shape index (κ2) is 22.0. The number of phenolic OH excluding ortho intramolecular Hbond substituents is 1. The molecule has 1 aromatic heterocycles. The number of halogens is 1. The second-order valence-corrected chi connectivity index (χ2v) is 18.0. The van der Waals surface area contributed by atoms with Gasteiger partial charge in [-0.05, 0) is 60.0 Å². The van der Waals surface area contributed by atoms with E-state index in [2.05, 4.69) is 40.0 Å². The van der Waals surface area contributed by atoms with E-state index < -0.39 is 129 Å². The van der Waals surface area contributed by atoms with Crippen molar-refractivity contribution in [2.24, 2.45) is 10.2 Å². The van der Waals surface area contributed by atoms with Crippen molar-refractivity contribution < 1.29 is 192 Å². The molecule has 60 heavy (non-hydrogen) atoms. The molecule has 4 aromatic carbocycles. The van der Waals surface area contributed by atoms with Crippen molar-refractivity contribution in [3.63, 3.8) is 0 Å². The van der Waals surface area contributed by atoms with Crippen LogP contribution >= 0.6 is 0 Å². The third kappa shape index (κ3) is 14.9. The first-order valence-electron chi connectivity index (χ1n) is 14.4. The van der Waals surface area contributed by atoms with E-state index >= 15 is 0 Å². The Hall–Kier alpha value is -1.37. The summed E-state index contributed by atoms with van der Waals surface area (Å²) >= 11 is 0. The quantitative estimate of drug-likeness (QED) is 0.0402. The maximum Gasteiger partial charge on any atom is 1.00 e. The minimum absolute atomic E-state index is 0. The molecule has 298 valence electrons. The third-order valence-electron chi connectivity index (χ3n) is 6.98. The van der Waals surface area contributed by atoms with Crippen molar-refractivity contribution in [3.8, 4) is 5.75 Å². The van der Waals surface area contributed by atoms with Crippen LogP contribution in [0.3, 0.4) is 0 Å². The van der Waals surface area contributed by atoms with E-state index in [0.29, 0.717) is 18.2 Å². The summed E-state index contributed by atoms with van der Waals surface area (Å²) in [4.78, 5) is 7.02. The van der Waals surface area contributed by atoms with Crippen LogP contribution in [0.1, 0.15) is 0 Å².